The topological polar surface area (TPSA) is 79.5 Å². The summed E-state index contributed by atoms with van der Waals surface area (Å²) in [4.78, 5) is 25.0. The zero-order valence-electron chi connectivity index (χ0n) is 16.5. The van der Waals surface area contributed by atoms with Gasteiger partial charge >= 0.3 is 0 Å². The first-order chi connectivity index (χ1) is 15.3. The van der Waals surface area contributed by atoms with Crippen molar-refractivity contribution in [1.82, 2.24) is 5.32 Å². The maximum absolute atomic E-state index is 12.6. The van der Waals surface area contributed by atoms with Gasteiger partial charge in [0.25, 0.3) is 11.8 Å². The molecular formula is C22H16Br2ClN3O3S. The molecule has 0 aliphatic rings. The van der Waals surface area contributed by atoms with Gasteiger partial charge in [0.1, 0.15) is 5.75 Å². The molecule has 0 heterocycles. The molecule has 3 N–H and O–H groups in total. The van der Waals surface area contributed by atoms with Gasteiger partial charge in [-0.1, -0.05) is 33.6 Å². The summed E-state index contributed by atoms with van der Waals surface area (Å²) >= 11 is 17.9. The van der Waals surface area contributed by atoms with Crippen molar-refractivity contribution >= 4 is 84.0 Å². The Kier molecular flexibility index (Phi) is 8.25. The summed E-state index contributed by atoms with van der Waals surface area (Å²) in [6, 6.07) is 17.0. The van der Waals surface area contributed by atoms with E-state index in [0.29, 0.717) is 42.2 Å². The number of thiocarbonyl (C=S) groups is 1. The Labute approximate surface area is 211 Å². The number of anilines is 2. The molecule has 2 amide bonds. The second-order valence-electron chi connectivity index (χ2n) is 6.42. The zero-order valence-corrected chi connectivity index (χ0v) is 21.3. The molecule has 0 spiro atoms. The molecule has 0 aliphatic carbocycles. The first-order valence-corrected chi connectivity index (χ1v) is 11.5. The Bertz CT molecular complexity index is 1190. The van der Waals surface area contributed by atoms with Crippen molar-refractivity contribution in [1.29, 1.82) is 0 Å². The average Bonchev–Trinajstić information content (AvgIpc) is 2.74. The van der Waals surface area contributed by atoms with Gasteiger partial charge in [-0.05, 0) is 82.7 Å². The minimum Gasteiger partial charge on any atom is -0.495 e. The molecule has 0 aromatic heterocycles. The molecule has 6 nitrogen and oxygen atoms in total. The van der Waals surface area contributed by atoms with Crippen LogP contribution in [0.15, 0.2) is 69.6 Å². The highest BCUT2D eigenvalue weighted by Crippen LogP contribution is 2.32. The maximum Gasteiger partial charge on any atom is 0.261 e. The first kappa shape index (κ1) is 24.2. The summed E-state index contributed by atoms with van der Waals surface area (Å²) < 4.78 is 6.65. The number of hydrogen-bond acceptors (Lipinski definition) is 4. The molecule has 0 aliphatic heterocycles. The monoisotopic (exact) mass is 595 g/mol. The molecule has 32 heavy (non-hydrogen) atoms. The van der Waals surface area contributed by atoms with Crippen LogP contribution in [0.25, 0.3) is 0 Å². The van der Waals surface area contributed by atoms with Crippen molar-refractivity contribution in [2.45, 2.75) is 0 Å². The smallest absolute Gasteiger partial charge is 0.261 e. The third-order valence-electron chi connectivity index (χ3n) is 4.17. The highest BCUT2D eigenvalue weighted by atomic mass is 79.9. The maximum atomic E-state index is 12.6. The van der Waals surface area contributed by atoms with E-state index in [1.807, 2.05) is 0 Å². The molecule has 164 valence electrons. The molecule has 0 saturated heterocycles. The van der Waals surface area contributed by atoms with Gasteiger partial charge in [-0.25, -0.2) is 0 Å². The number of hydrogen-bond donors (Lipinski definition) is 3. The van der Waals surface area contributed by atoms with E-state index in [4.69, 9.17) is 28.6 Å². The predicted molar refractivity (Wildman–Crippen MR) is 138 cm³/mol. The molecule has 0 saturated carbocycles. The third-order valence-corrected chi connectivity index (χ3v) is 5.66. The second-order valence-corrected chi connectivity index (χ2v) is 9.03. The fourth-order valence-electron chi connectivity index (χ4n) is 2.74. The number of ether oxygens (including phenoxy) is 1. The van der Waals surface area contributed by atoms with Crippen molar-refractivity contribution in [3.8, 4) is 5.75 Å². The Morgan fingerprint density at radius 3 is 2.22 bits per heavy atom. The van der Waals surface area contributed by atoms with Gasteiger partial charge in [0.2, 0.25) is 0 Å². The lowest BCUT2D eigenvalue weighted by Crippen LogP contribution is -2.34. The molecule has 0 fully saturated rings. The van der Waals surface area contributed by atoms with Gasteiger partial charge in [-0.15, -0.1) is 0 Å². The van der Waals surface area contributed by atoms with E-state index in [9.17, 15) is 9.59 Å². The van der Waals surface area contributed by atoms with Crippen LogP contribution in [-0.2, 0) is 0 Å². The Hall–Kier alpha value is -2.46. The van der Waals surface area contributed by atoms with Crippen molar-refractivity contribution in [2.24, 2.45) is 0 Å². The molecule has 0 radical (unpaired) electrons. The van der Waals surface area contributed by atoms with Crippen LogP contribution in [0.3, 0.4) is 0 Å². The molecule has 0 unspecified atom stereocenters. The van der Waals surface area contributed by atoms with Gasteiger partial charge in [-0.3, -0.25) is 14.9 Å². The van der Waals surface area contributed by atoms with Gasteiger partial charge in [0, 0.05) is 26.4 Å². The van der Waals surface area contributed by atoms with Crippen LogP contribution in [0.4, 0.5) is 11.4 Å². The molecule has 10 heteroatoms. The van der Waals surface area contributed by atoms with E-state index < -0.39 is 5.91 Å². The standard InChI is InChI=1S/C22H16Br2ClN3O3S/c1-31-19-17(10-13(23)11-18(19)24)21(30)28-22(32)27-16-7-5-15(6-8-16)26-20(29)12-3-2-4-14(25)9-12/h2-11H,1H3,(H,26,29)(H2,27,28,30,32). The van der Waals surface area contributed by atoms with E-state index in [1.165, 1.54) is 7.11 Å². The lowest BCUT2D eigenvalue weighted by atomic mass is 10.2. The quantitative estimate of drug-likeness (QED) is 0.303. The van der Waals surface area contributed by atoms with Crippen LogP contribution in [0.1, 0.15) is 20.7 Å². The first-order valence-electron chi connectivity index (χ1n) is 9.09. The second kappa shape index (κ2) is 10.9. The summed E-state index contributed by atoms with van der Waals surface area (Å²) in [5.41, 5.74) is 2.01. The number of carbonyl (C=O) groups is 2. The Morgan fingerprint density at radius 2 is 1.59 bits per heavy atom. The average molecular weight is 598 g/mol. The fraction of sp³-hybridized carbons (Fsp3) is 0.0455. The van der Waals surface area contributed by atoms with Crippen molar-refractivity contribution in [2.75, 3.05) is 17.7 Å². The molecule has 3 aromatic carbocycles. The van der Waals surface area contributed by atoms with Crippen LogP contribution in [0.2, 0.25) is 5.02 Å². The van der Waals surface area contributed by atoms with Crippen LogP contribution < -0.4 is 20.7 Å². The van der Waals surface area contributed by atoms with Crippen LogP contribution in [-0.4, -0.2) is 24.0 Å². The number of carbonyl (C=O) groups excluding carboxylic acids is 2. The summed E-state index contributed by atoms with van der Waals surface area (Å²) in [5.74, 6) is -0.301. The van der Waals surface area contributed by atoms with Crippen LogP contribution >= 0.6 is 55.7 Å². The lowest BCUT2D eigenvalue weighted by Gasteiger charge is -2.13. The highest BCUT2D eigenvalue weighted by molar-refractivity contribution is 9.11. The summed E-state index contributed by atoms with van der Waals surface area (Å²) in [7, 11) is 1.48. The molecular weight excluding hydrogens is 582 g/mol. The normalized spacial score (nSPS) is 10.2. The van der Waals surface area contributed by atoms with Crippen LogP contribution in [0, 0.1) is 0 Å². The molecule has 3 aromatic rings. The Morgan fingerprint density at radius 1 is 0.938 bits per heavy atom. The van der Waals surface area contributed by atoms with Crippen molar-refractivity contribution < 1.29 is 14.3 Å². The number of rotatable bonds is 5. The van der Waals surface area contributed by atoms with Crippen molar-refractivity contribution in [3.05, 3.63) is 85.8 Å². The predicted octanol–water partition coefficient (Wildman–Crippen LogP) is 6.25. The van der Waals surface area contributed by atoms with E-state index in [1.54, 1.807) is 60.7 Å². The third kappa shape index (κ3) is 6.29. The summed E-state index contributed by atoms with van der Waals surface area (Å²) in [5, 5.41) is 8.95. The molecule has 3 rings (SSSR count). The Balaban J connectivity index is 1.61. The minimum atomic E-state index is -0.424. The van der Waals surface area contributed by atoms with E-state index in [0.717, 1.165) is 0 Å². The largest absolute Gasteiger partial charge is 0.495 e. The van der Waals surface area contributed by atoms with Gasteiger partial charge in [0.15, 0.2) is 5.11 Å². The fourth-order valence-corrected chi connectivity index (χ4v) is 4.53. The van der Waals surface area contributed by atoms with Gasteiger partial charge in [0.05, 0.1) is 17.1 Å². The van der Waals surface area contributed by atoms with Crippen molar-refractivity contribution in [3.63, 3.8) is 0 Å². The van der Waals surface area contributed by atoms with E-state index in [2.05, 4.69) is 47.8 Å². The van der Waals surface area contributed by atoms with E-state index >= 15 is 0 Å². The molecule has 0 bridgehead atoms. The lowest BCUT2D eigenvalue weighted by molar-refractivity contribution is 0.0973. The summed E-state index contributed by atoms with van der Waals surface area (Å²) in [6.07, 6.45) is 0. The highest BCUT2D eigenvalue weighted by Gasteiger charge is 2.17. The van der Waals surface area contributed by atoms with E-state index in [-0.39, 0.29) is 11.0 Å². The number of nitrogens with one attached hydrogen (secondary N) is 3. The van der Waals surface area contributed by atoms with Gasteiger partial charge < -0.3 is 15.4 Å². The zero-order chi connectivity index (χ0) is 23.3. The molecule has 0 atom stereocenters. The minimum absolute atomic E-state index is 0.115. The van der Waals surface area contributed by atoms with Crippen LogP contribution in [0.5, 0.6) is 5.75 Å². The number of benzene rings is 3. The summed E-state index contributed by atoms with van der Waals surface area (Å²) in [6.45, 7) is 0. The van der Waals surface area contributed by atoms with Gasteiger partial charge in [-0.2, -0.15) is 0 Å². The number of methoxy groups -OCH3 is 1. The number of amides is 2. The number of halogens is 3. The SMILES string of the molecule is COc1c(Br)cc(Br)cc1C(=O)NC(=S)Nc1ccc(NC(=O)c2cccc(Cl)c2)cc1.